The van der Waals surface area contributed by atoms with Crippen molar-refractivity contribution >= 4 is 51.8 Å². The van der Waals surface area contributed by atoms with Gasteiger partial charge in [0.2, 0.25) is 11.8 Å². The van der Waals surface area contributed by atoms with Gasteiger partial charge in [0, 0.05) is 50.8 Å². The van der Waals surface area contributed by atoms with Crippen LogP contribution < -0.4 is 21.1 Å². The Morgan fingerprint density at radius 1 is 1.21 bits per heavy atom. The Hall–Kier alpha value is -4.00. The minimum Gasteiger partial charge on any atom is -0.488 e. The highest BCUT2D eigenvalue weighted by Crippen LogP contribution is 2.35. The number of hydrogen-bond donors (Lipinski definition) is 3. The third-order valence-corrected chi connectivity index (χ3v) is 7.86. The molecule has 5 rings (SSSR count). The van der Waals surface area contributed by atoms with Crippen molar-refractivity contribution in [1.29, 1.82) is 0 Å². The smallest absolute Gasteiger partial charge is 0.273 e. The number of hydrogen-bond acceptors (Lipinski definition) is 9. The number of fused-ring (bicyclic) bond motifs is 1. The lowest BCUT2D eigenvalue weighted by atomic mass is 9.93. The van der Waals surface area contributed by atoms with Crippen LogP contribution in [0.3, 0.4) is 0 Å². The van der Waals surface area contributed by atoms with Gasteiger partial charge in [-0.3, -0.25) is 29.2 Å². The van der Waals surface area contributed by atoms with E-state index in [0.29, 0.717) is 43.8 Å². The van der Waals surface area contributed by atoms with Gasteiger partial charge >= 0.3 is 0 Å². The maximum atomic E-state index is 13.1. The summed E-state index contributed by atoms with van der Waals surface area (Å²) in [7, 11) is 1.81. The number of benzene rings is 1. The maximum Gasteiger partial charge on any atom is 0.273 e. The maximum absolute atomic E-state index is 13.1. The molecule has 206 valence electrons. The topological polar surface area (TPSA) is 162 Å². The SMILES string of the molecule is CC(C)NC(=O)c1nsc(C(=O)N2CCC(Oc3cccc4c(C5CCC(=O)NC5=O)nn(C)c34)CC2)c1N. The molecule has 12 nitrogen and oxygen atoms in total. The predicted octanol–water partition coefficient (Wildman–Crippen LogP) is 1.95. The average Bonchev–Trinajstić information content (AvgIpc) is 3.44. The summed E-state index contributed by atoms with van der Waals surface area (Å²) in [5.74, 6) is -1.07. The fourth-order valence-corrected chi connectivity index (χ4v) is 5.85. The zero-order valence-electron chi connectivity index (χ0n) is 22.0. The minimum absolute atomic E-state index is 0.0713. The van der Waals surface area contributed by atoms with Gasteiger partial charge in [0.1, 0.15) is 22.2 Å². The molecule has 2 fully saturated rings. The second-order valence-corrected chi connectivity index (χ2v) is 10.9. The van der Waals surface area contributed by atoms with E-state index in [9.17, 15) is 19.2 Å². The molecule has 1 atom stereocenters. The highest BCUT2D eigenvalue weighted by Gasteiger charge is 2.33. The Morgan fingerprint density at radius 3 is 2.64 bits per heavy atom. The molecule has 0 aliphatic carbocycles. The van der Waals surface area contributed by atoms with Crippen LogP contribution >= 0.6 is 11.5 Å². The van der Waals surface area contributed by atoms with E-state index in [1.54, 1.807) is 16.6 Å². The van der Waals surface area contributed by atoms with Crippen molar-refractivity contribution in [3.63, 3.8) is 0 Å². The Bertz CT molecular complexity index is 1450. The van der Waals surface area contributed by atoms with E-state index in [2.05, 4.69) is 20.1 Å². The highest BCUT2D eigenvalue weighted by molar-refractivity contribution is 7.09. The quantitative estimate of drug-likeness (QED) is 0.390. The summed E-state index contributed by atoms with van der Waals surface area (Å²) < 4.78 is 12.2. The Balaban J connectivity index is 1.26. The fraction of sp³-hybridized carbons (Fsp3) is 0.462. The first-order chi connectivity index (χ1) is 18.6. The van der Waals surface area contributed by atoms with Gasteiger partial charge in [0.25, 0.3) is 11.8 Å². The number of para-hydroxylation sites is 1. The van der Waals surface area contributed by atoms with E-state index in [4.69, 9.17) is 10.5 Å². The number of carbonyl (C=O) groups is 4. The van der Waals surface area contributed by atoms with Gasteiger partial charge < -0.3 is 20.7 Å². The van der Waals surface area contributed by atoms with Crippen LogP contribution in [0.2, 0.25) is 0 Å². The first-order valence-corrected chi connectivity index (χ1v) is 13.7. The largest absolute Gasteiger partial charge is 0.488 e. The molecule has 1 unspecified atom stereocenters. The number of nitrogen functional groups attached to an aromatic ring is 1. The first-order valence-electron chi connectivity index (χ1n) is 12.9. The standard InChI is InChI=1S/C26H31N7O5S/c1-13(2)28-25(36)21-19(27)23(39-31-21)26(37)33-11-9-14(10-12-33)38-17-6-4-5-15-20(30-32(3)22(15)17)16-7-8-18(34)29-24(16)35/h4-6,13-14,16H,7-12,27H2,1-3H3,(H,28,36)(H,29,34,35). The number of aromatic nitrogens is 3. The number of rotatable bonds is 6. The number of carbonyl (C=O) groups excluding carboxylic acids is 4. The van der Waals surface area contributed by atoms with E-state index in [1.165, 1.54) is 0 Å². The molecular weight excluding hydrogens is 522 g/mol. The molecule has 0 spiro atoms. The summed E-state index contributed by atoms with van der Waals surface area (Å²) >= 11 is 0.939. The molecule has 2 aromatic heterocycles. The summed E-state index contributed by atoms with van der Waals surface area (Å²) in [6.07, 6.45) is 1.79. The molecule has 0 saturated carbocycles. The number of ether oxygens (including phenoxy) is 1. The molecule has 0 radical (unpaired) electrons. The van der Waals surface area contributed by atoms with Gasteiger partial charge in [-0.2, -0.15) is 9.47 Å². The van der Waals surface area contributed by atoms with Gasteiger partial charge in [-0.1, -0.05) is 12.1 Å². The third kappa shape index (κ3) is 5.18. The molecule has 1 aromatic carbocycles. The normalized spacial score (nSPS) is 18.5. The zero-order chi connectivity index (χ0) is 27.8. The molecule has 0 bridgehead atoms. The van der Waals surface area contributed by atoms with Crippen molar-refractivity contribution in [2.24, 2.45) is 7.05 Å². The number of amides is 4. The van der Waals surface area contributed by atoms with Gasteiger partial charge in [-0.15, -0.1) is 0 Å². The Kier molecular flexibility index (Phi) is 7.25. The second-order valence-electron chi connectivity index (χ2n) is 10.2. The molecule has 2 saturated heterocycles. The summed E-state index contributed by atoms with van der Waals surface area (Å²) in [5, 5.41) is 10.6. The summed E-state index contributed by atoms with van der Waals surface area (Å²) in [4.78, 5) is 51.5. The highest BCUT2D eigenvalue weighted by atomic mass is 32.1. The van der Waals surface area contributed by atoms with E-state index in [0.717, 1.165) is 22.4 Å². The summed E-state index contributed by atoms with van der Waals surface area (Å²) in [6, 6.07) is 5.58. The van der Waals surface area contributed by atoms with Crippen LogP contribution in [-0.2, 0) is 16.6 Å². The van der Waals surface area contributed by atoms with Crippen LogP contribution in [0.1, 0.15) is 71.3 Å². The number of likely N-dealkylation sites (tertiary alicyclic amines) is 1. The second kappa shape index (κ2) is 10.6. The van der Waals surface area contributed by atoms with Crippen molar-refractivity contribution in [2.75, 3.05) is 18.8 Å². The number of anilines is 1. The first kappa shape index (κ1) is 26.6. The summed E-state index contributed by atoms with van der Waals surface area (Å²) in [5.41, 5.74) is 7.72. The third-order valence-electron chi connectivity index (χ3n) is 7.01. The Labute approximate surface area is 229 Å². The number of imide groups is 1. The Morgan fingerprint density at radius 2 is 1.95 bits per heavy atom. The van der Waals surface area contributed by atoms with Gasteiger partial charge in [-0.25, -0.2) is 0 Å². The van der Waals surface area contributed by atoms with Crippen molar-refractivity contribution < 1.29 is 23.9 Å². The van der Waals surface area contributed by atoms with Crippen molar-refractivity contribution in [2.45, 2.75) is 57.6 Å². The van der Waals surface area contributed by atoms with Crippen LogP contribution in [0.15, 0.2) is 18.2 Å². The predicted molar refractivity (Wildman–Crippen MR) is 145 cm³/mol. The minimum atomic E-state index is -0.493. The van der Waals surface area contributed by atoms with Crippen LogP contribution in [0.4, 0.5) is 5.69 Å². The van der Waals surface area contributed by atoms with E-state index >= 15 is 0 Å². The van der Waals surface area contributed by atoms with Crippen LogP contribution in [0, 0.1) is 0 Å². The fourth-order valence-electron chi connectivity index (χ4n) is 5.08. The van der Waals surface area contributed by atoms with E-state index < -0.39 is 11.8 Å². The van der Waals surface area contributed by atoms with Crippen LogP contribution in [-0.4, -0.2) is 67.9 Å². The number of aryl methyl sites for hydroxylation is 1. The van der Waals surface area contributed by atoms with Crippen molar-refractivity contribution in [1.82, 2.24) is 29.7 Å². The van der Waals surface area contributed by atoms with E-state index in [1.807, 2.05) is 32.0 Å². The number of nitrogens with two attached hydrogens (primary N) is 1. The van der Waals surface area contributed by atoms with Crippen molar-refractivity contribution in [3.8, 4) is 5.75 Å². The molecule has 4 N–H and O–H groups in total. The zero-order valence-corrected chi connectivity index (χ0v) is 22.8. The van der Waals surface area contributed by atoms with Crippen molar-refractivity contribution in [3.05, 3.63) is 34.5 Å². The van der Waals surface area contributed by atoms with Gasteiger partial charge in [0.05, 0.1) is 17.3 Å². The lowest BCUT2D eigenvalue weighted by Crippen LogP contribution is -2.41. The molecule has 3 aromatic rings. The number of piperidine rings is 2. The molecule has 39 heavy (non-hydrogen) atoms. The molecule has 4 heterocycles. The lowest BCUT2D eigenvalue weighted by Gasteiger charge is -2.32. The molecule has 2 aliphatic heterocycles. The molecule has 2 aliphatic rings. The summed E-state index contributed by atoms with van der Waals surface area (Å²) in [6.45, 7) is 4.62. The van der Waals surface area contributed by atoms with Crippen LogP contribution in [0.25, 0.3) is 10.9 Å². The van der Waals surface area contributed by atoms with Crippen LogP contribution in [0.5, 0.6) is 5.75 Å². The van der Waals surface area contributed by atoms with E-state index in [-0.39, 0.29) is 52.5 Å². The van der Waals surface area contributed by atoms with Gasteiger partial charge in [0.15, 0.2) is 5.69 Å². The molecule has 4 amide bonds. The molecule has 13 heteroatoms. The van der Waals surface area contributed by atoms with Gasteiger partial charge in [-0.05, 0) is 37.9 Å². The monoisotopic (exact) mass is 553 g/mol. The molecular formula is C26H31N7O5S. The lowest BCUT2D eigenvalue weighted by molar-refractivity contribution is -0.134. The average molecular weight is 554 g/mol. The number of nitrogens with zero attached hydrogens (tertiary/aromatic N) is 4. The number of nitrogens with one attached hydrogen (secondary N) is 2.